The largest absolute Gasteiger partial charge is 0.313 e. The smallest absolute Gasteiger partial charge is 0.146 e. The maximum absolute atomic E-state index is 14.6. The van der Waals surface area contributed by atoms with Crippen molar-refractivity contribution in [2.45, 2.75) is 91.4 Å². The van der Waals surface area contributed by atoms with Crippen molar-refractivity contribution in [3.8, 4) is 0 Å². The van der Waals surface area contributed by atoms with Crippen LogP contribution in [-0.2, 0) is 9.13 Å². The molecule has 6 rings (SSSR count). The van der Waals surface area contributed by atoms with Crippen molar-refractivity contribution in [2.75, 3.05) is 0 Å². The van der Waals surface area contributed by atoms with Gasteiger partial charge in [0.15, 0.2) is 0 Å². The van der Waals surface area contributed by atoms with E-state index < -0.39 is 14.3 Å². The highest BCUT2D eigenvalue weighted by molar-refractivity contribution is 7.79. The van der Waals surface area contributed by atoms with Crippen molar-refractivity contribution in [3.05, 3.63) is 121 Å². The molecular formula is C44H58O2P2. The zero-order chi connectivity index (χ0) is 34.3. The van der Waals surface area contributed by atoms with Gasteiger partial charge in [0, 0.05) is 32.5 Å². The summed E-state index contributed by atoms with van der Waals surface area (Å²) >= 11 is 0. The first-order valence-corrected chi connectivity index (χ1v) is 22.0. The van der Waals surface area contributed by atoms with E-state index in [0.717, 1.165) is 34.1 Å². The minimum absolute atomic E-state index is 0.256. The highest BCUT2D eigenvalue weighted by Crippen LogP contribution is 2.59. The first-order chi connectivity index (χ1) is 23.1. The molecular weight excluding hydrogens is 622 g/mol. The third-order valence-electron chi connectivity index (χ3n) is 11.5. The molecule has 4 aromatic carbocycles. The number of hydrogen-bond donors (Lipinski definition) is 0. The highest BCUT2D eigenvalue weighted by Gasteiger charge is 2.46. The Kier molecular flexibility index (Phi) is 12.5. The van der Waals surface area contributed by atoms with E-state index in [0.29, 0.717) is 35.5 Å². The fourth-order valence-electron chi connectivity index (χ4n) is 8.80. The molecule has 0 aliphatic heterocycles. The van der Waals surface area contributed by atoms with Crippen molar-refractivity contribution in [2.24, 2.45) is 35.5 Å². The maximum Gasteiger partial charge on any atom is 0.146 e. The van der Waals surface area contributed by atoms with Crippen LogP contribution in [0.3, 0.4) is 0 Å². The van der Waals surface area contributed by atoms with Crippen LogP contribution in [0.5, 0.6) is 0 Å². The zero-order valence-electron chi connectivity index (χ0n) is 30.1. The van der Waals surface area contributed by atoms with Crippen LogP contribution >= 0.6 is 14.3 Å². The molecule has 4 aromatic rings. The lowest BCUT2D eigenvalue weighted by Crippen LogP contribution is -2.38. The molecule has 2 saturated carbocycles. The average Bonchev–Trinajstić information content (AvgIpc) is 3.12. The Morgan fingerprint density at radius 1 is 0.438 bits per heavy atom. The predicted octanol–water partition coefficient (Wildman–Crippen LogP) is 10.9. The van der Waals surface area contributed by atoms with Crippen LogP contribution in [0.1, 0.15) is 80.1 Å². The molecule has 0 aromatic heterocycles. The van der Waals surface area contributed by atoms with Gasteiger partial charge in [-0.25, -0.2) is 0 Å². The Balaban J connectivity index is 0.000000188. The van der Waals surface area contributed by atoms with Gasteiger partial charge in [-0.05, 0) is 61.2 Å². The summed E-state index contributed by atoms with van der Waals surface area (Å²) in [6.07, 6.45) is 7.08. The topological polar surface area (TPSA) is 34.1 Å². The number of hydrogen-bond acceptors (Lipinski definition) is 2. The van der Waals surface area contributed by atoms with E-state index >= 15 is 0 Å². The molecule has 0 N–H and O–H groups in total. The normalized spacial score (nSPS) is 24.9. The quantitative estimate of drug-likeness (QED) is 0.174. The lowest BCUT2D eigenvalue weighted by atomic mass is 9.77. The van der Waals surface area contributed by atoms with Crippen LogP contribution in [0.4, 0.5) is 0 Å². The van der Waals surface area contributed by atoms with Crippen LogP contribution in [0.25, 0.3) is 0 Å². The van der Waals surface area contributed by atoms with E-state index in [1.807, 2.05) is 72.8 Å². The van der Waals surface area contributed by atoms with Crippen molar-refractivity contribution in [1.82, 2.24) is 0 Å². The fraction of sp³-hybridized carbons (Fsp3) is 0.455. The van der Waals surface area contributed by atoms with Crippen molar-refractivity contribution >= 4 is 35.5 Å². The van der Waals surface area contributed by atoms with Gasteiger partial charge in [-0.15, -0.1) is 0 Å². The van der Waals surface area contributed by atoms with Gasteiger partial charge in [0.05, 0.1) is 0 Å². The van der Waals surface area contributed by atoms with Crippen LogP contribution < -0.4 is 21.2 Å². The summed E-state index contributed by atoms with van der Waals surface area (Å²) in [7, 11) is -5.29. The summed E-state index contributed by atoms with van der Waals surface area (Å²) < 4.78 is 29.3. The van der Waals surface area contributed by atoms with E-state index in [2.05, 4.69) is 90.1 Å². The van der Waals surface area contributed by atoms with Crippen LogP contribution in [0.15, 0.2) is 121 Å². The second kappa shape index (κ2) is 16.4. The second-order valence-electron chi connectivity index (χ2n) is 15.4. The van der Waals surface area contributed by atoms with Crippen molar-refractivity contribution in [3.63, 3.8) is 0 Å². The molecule has 6 atom stereocenters. The van der Waals surface area contributed by atoms with E-state index in [4.69, 9.17) is 0 Å². The van der Waals surface area contributed by atoms with Gasteiger partial charge in [-0.2, -0.15) is 0 Å². The van der Waals surface area contributed by atoms with Gasteiger partial charge < -0.3 is 9.13 Å². The standard InChI is InChI=1S/2C22H29OP/c2*1-17(2)21-15-14-18(3)16-22(21)24(23,19-10-6-4-7-11-19)20-12-8-5-9-13-20/h2*4-13,17-18,21-22H,14-16H2,1-3H3/t2*18-,21+,22+/m11/s1. The van der Waals surface area contributed by atoms with E-state index in [9.17, 15) is 9.13 Å². The Labute approximate surface area is 291 Å². The minimum Gasteiger partial charge on any atom is -0.313 e. The SMILES string of the molecule is CC(C)[C@@H]1CC[C@@H](C)C[C@@H]1P(=O)(c1ccccc1)c1ccccc1.CC(C)[C@@H]1CC[C@@H](C)C[C@@H]1P(=O)(c1ccccc1)c1ccccc1. The van der Waals surface area contributed by atoms with Gasteiger partial charge in [0.1, 0.15) is 14.3 Å². The minimum atomic E-state index is -2.65. The van der Waals surface area contributed by atoms with E-state index in [1.165, 1.54) is 25.7 Å². The van der Waals surface area contributed by atoms with E-state index in [1.54, 1.807) is 0 Å². The summed E-state index contributed by atoms with van der Waals surface area (Å²) in [6, 6.07) is 40.9. The van der Waals surface area contributed by atoms with Gasteiger partial charge in [-0.1, -0.05) is 176 Å². The lowest BCUT2D eigenvalue weighted by Gasteiger charge is -2.42. The molecule has 0 unspecified atom stereocenters. The average molecular weight is 681 g/mol. The number of rotatable bonds is 8. The predicted molar refractivity (Wildman–Crippen MR) is 210 cm³/mol. The summed E-state index contributed by atoms with van der Waals surface area (Å²) in [5.74, 6) is 3.53. The molecule has 4 heteroatoms. The van der Waals surface area contributed by atoms with Gasteiger partial charge in [-0.3, -0.25) is 0 Å². The van der Waals surface area contributed by atoms with Crippen molar-refractivity contribution < 1.29 is 9.13 Å². The molecule has 48 heavy (non-hydrogen) atoms. The third-order valence-corrected chi connectivity index (χ3v) is 18.8. The highest BCUT2D eigenvalue weighted by atomic mass is 31.2. The monoisotopic (exact) mass is 680 g/mol. The first kappa shape index (κ1) is 36.6. The summed E-state index contributed by atoms with van der Waals surface area (Å²) in [5.41, 5.74) is 0.511. The van der Waals surface area contributed by atoms with Gasteiger partial charge in [0.25, 0.3) is 0 Å². The molecule has 0 heterocycles. The Bertz CT molecular complexity index is 1420. The molecule has 0 bridgehead atoms. The second-order valence-corrected chi connectivity index (χ2v) is 21.5. The summed E-state index contributed by atoms with van der Waals surface area (Å²) in [4.78, 5) is 0. The summed E-state index contributed by atoms with van der Waals surface area (Å²) in [6.45, 7) is 13.8. The molecule has 0 saturated heterocycles. The van der Waals surface area contributed by atoms with Crippen LogP contribution in [0.2, 0.25) is 0 Å². The Morgan fingerprint density at radius 3 is 0.917 bits per heavy atom. The third kappa shape index (κ3) is 7.87. The van der Waals surface area contributed by atoms with Crippen molar-refractivity contribution in [1.29, 1.82) is 0 Å². The number of benzene rings is 4. The molecule has 0 spiro atoms. The van der Waals surface area contributed by atoms with E-state index in [-0.39, 0.29) is 11.3 Å². The maximum atomic E-state index is 14.6. The molecule has 2 aliphatic rings. The zero-order valence-corrected chi connectivity index (χ0v) is 31.9. The first-order valence-electron chi connectivity index (χ1n) is 18.5. The molecule has 0 amide bonds. The summed E-state index contributed by atoms with van der Waals surface area (Å²) in [5, 5.41) is 4.11. The van der Waals surface area contributed by atoms with Crippen LogP contribution in [0, 0.1) is 35.5 Å². The molecule has 0 radical (unpaired) electrons. The lowest BCUT2D eigenvalue weighted by molar-refractivity contribution is 0.238. The van der Waals surface area contributed by atoms with Crippen LogP contribution in [-0.4, -0.2) is 11.3 Å². The molecule has 2 fully saturated rings. The molecule has 256 valence electrons. The molecule has 2 aliphatic carbocycles. The fourth-order valence-corrected chi connectivity index (χ4v) is 16.8. The Hall–Kier alpha value is -2.66. The Morgan fingerprint density at radius 2 is 0.688 bits per heavy atom. The van der Waals surface area contributed by atoms with Gasteiger partial charge in [0.2, 0.25) is 0 Å². The molecule has 2 nitrogen and oxygen atoms in total. The van der Waals surface area contributed by atoms with Gasteiger partial charge >= 0.3 is 0 Å².